The third kappa shape index (κ3) is 2.61. The highest BCUT2D eigenvalue weighted by molar-refractivity contribution is 5.44. The van der Waals surface area contributed by atoms with Crippen LogP contribution in [0.15, 0.2) is 18.2 Å². The quantitative estimate of drug-likeness (QED) is 0.395. The van der Waals surface area contributed by atoms with Crippen molar-refractivity contribution in [3.8, 4) is 11.5 Å². The number of nitrogens with one attached hydrogen (secondary N) is 1. The van der Waals surface area contributed by atoms with Crippen LogP contribution in [-0.2, 0) is 6.54 Å². The number of aromatic hydroxyl groups is 2. The molecule has 0 spiro atoms. The van der Waals surface area contributed by atoms with Gasteiger partial charge in [0.05, 0.1) is 0 Å². The van der Waals surface area contributed by atoms with Crippen molar-refractivity contribution in [3.63, 3.8) is 0 Å². The number of hydrogen-bond acceptors (Lipinski definition) is 4. The maximum atomic E-state index is 9.38. The fourth-order valence-electron chi connectivity index (χ4n) is 1.05. The molecule has 0 unspecified atom stereocenters. The van der Waals surface area contributed by atoms with Crippen LogP contribution in [0.2, 0.25) is 0 Å². The van der Waals surface area contributed by atoms with E-state index in [4.69, 9.17) is 10.8 Å². The molecule has 0 saturated carbocycles. The minimum absolute atomic E-state index is 0.0629. The topological polar surface area (TPSA) is 78.5 Å². The number of para-hydroxylation sites is 1. The molecule has 0 amide bonds. The molecular formula is C9H14N2O2. The molecule has 0 aliphatic heterocycles. The van der Waals surface area contributed by atoms with E-state index in [2.05, 4.69) is 5.32 Å². The molecule has 0 aliphatic rings. The van der Waals surface area contributed by atoms with Crippen LogP contribution in [-0.4, -0.2) is 23.3 Å². The predicted octanol–water partition coefficient (Wildman–Crippen LogP) is 0.146. The van der Waals surface area contributed by atoms with Crippen LogP contribution in [0.25, 0.3) is 0 Å². The van der Waals surface area contributed by atoms with Gasteiger partial charge in [-0.1, -0.05) is 12.1 Å². The van der Waals surface area contributed by atoms with Gasteiger partial charge in [0.15, 0.2) is 11.5 Å². The Morgan fingerprint density at radius 1 is 1.31 bits per heavy atom. The minimum Gasteiger partial charge on any atom is -0.504 e. The second kappa shape index (κ2) is 4.69. The van der Waals surface area contributed by atoms with Crippen LogP contribution in [0.3, 0.4) is 0 Å². The zero-order valence-electron chi connectivity index (χ0n) is 7.33. The Morgan fingerprint density at radius 2 is 2.08 bits per heavy atom. The van der Waals surface area contributed by atoms with E-state index in [0.29, 0.717) is 25.2 Å². The molecule has 4 heteroatoms. The number of phenolic OH excluding ortho intramolecular Hbond substituents is 2. The maximum Gasteiger partial charge on any atom is 0.161 e. The summed E-state index contributed by atoms with van der Waals surface area (Å²) in [5.41, 5.74) is 5.96. The molecule has 1 rings (SSSR count). The van der Waals surface area contributed by atoms with Gasteiger partial charge in [-0.15, -0.1) is 0 Å². The van der Waals surface area contributed by atoms with Crippen molar-refractivity contribution in [3.05, 3.63) is 23.8 Å². The molecule has 0 atom stereocenters. The number of hydrogen-bond donors (Lipinski definition) is 4. The number of rotatable bonds is 4. The summed E-state index contributed by atoms with van der Waals surface area (Å²) in [4.78, 5) is 0. The van der Waals surface area contributed by atoms with Crippen LogP contribution >= 0.6 is 0 Å². The molecule has 72 valence electrons. The van der Waals surface area contributed by atoms with Gasteiger partial charge >= 0.3 is 0 Å². The second-order valence-electron chi connectivity index (χ2n) is 2.75. The molecule has 0 saturated heterocycles. The summed E-state index contributed by atoms with van der Waals surface area (Å²) in [5, 5.41) is 21.6. The fraction of sp³-hybridized carbons (Fsp3) is 0.333. The first-order valence-electron chi connectivity index (χ1n) is 4.16. The van der Waals surface area contributed by atoms with Gasteiger partial charge in [-0.2, -0.15) is 0 Å². The highest BCUT2D eigenvalue weighted by atomic mass is 16.3. The van der Waals surface area contributed by atoms with E-state index in [9.17, 15) is 5.11 Å². The maximum absolute atomic E-state index is 9.38. The van der Waals surface area contributed by atoms with Gasteiger partial charge < -0.3 is 21.3 Å². The van der Waals surface area contributed by atoms with Crippen LogP contribution in [0, 0.1) is 0 Å². The molecule has 0 bridgehead atoms. The molecule has 1 aromatic carbocycles. The number of nitrogens with two attached hydrogens (primary N) is 1. The smallest absolute Gasteiger partial charge is 0.161 e. The van der Waals surface area contributed by atoms with Crippen LogP contribution in [0.5, 0.6) is 11.5 Å². The average Bonchev–Trinajstić information content (AvgIpc) is 2.13. The van der Waals surface area contributed by atoms with Gasteiger partial charge in [0.2, 0.25) is 0 Å². The third-order valence-electron chi connectivity index (χ3n) is 1.73. The second-order valence-corrected chi connectivity index (χ2v) is 2.75. The van der Waals surface area contributed by atoms with Gasteiger partial charge in [-0.05, 0) is 6.07 Å². The Balaban J connectivity index is 2.61. The molecular weight excluding hydrogens is 168 g/mol. The monoisotopic (exact) mass is 182 g/mol. The Bertz CT molecular complexity index is 276. The van der Waals surface area contributed by atoms with E-state index in [0.717, 1.165) is 0 Å². The lowest BCUT2D eigenvalue weighted by Crippen LogP contribution is -2.21. The Labute approximate surface area is 77.0 Å². The Morgan fingerprint density at radius 3 is 2.77 bits per heavy atom. The van der Waals surface area contributed by atoms with Crippen molar-refractivity contribution in [2.45, 2.75) is 6.54 Å². The average molecular weight is 182 g/mol. The van der Waals surface area contributed by atoms with Gasteiger partial charge in [0.1, 0.15) is 0 Å². The molecule has 1 aromatic rings. The van der Waals surface area contributed by atoms with Crippen LogP contribution in [0.1, 0.15) is 5.56 Å². The van der Waals surface area contributed by atoms with Crippen molar-refractivity contribution in [1.82, 2.24) is 5.32 Å². The summed E-state index contributed by atoms with van der Waals surface area (Å²) in [6, 6.07) is 4.88. The normalized spacial score (nSPS) is 10.2. The van der Waals surface area contributed by atoms with Crippen molar-refractivity contribution in [2.75, 3.05) is 13.1 Å². The highest BCUT2D eigenvalue weighted by Crippen LogP contribution is 2.27. The molecule has 5 N–H and O–H groups in total. The lowest BCUT2D eigenvalue weighted by molar-refractivity contribution is 0.398. The van der Waals surface area contributed by atoms with E-state index in [1.54, 1.807) is 12.1 Å². The van der Waals surface area contributed by atoms with E-state index >= 15 is 0 Å². The Hall–Kier alpha value is -1.26. The number of phenols is 2. The van der Waals surface area contributed by atoms with E-state index in [1.807, 2.05) is 0 Å². The van der Waals surface area contributed by atoms with E-state index in [-0.39, 0.29) is 11.5 Å². The van der Waals surface area contributed by atoms with Crippen molar-refractivity contribution in [1.29, 1.82) is 0 Å². The first-order valence-corrected chi connectivity index (χ1v) is 4.16. The van der Waals surface area contributed by atoms with Gasteiger partial charge in [-0.3, -0.25) is 0 Å². The molecule has 0 fully saturated rings. The Kier molecular flexibility index (Phi) is 3.54. The minimum atomic E-state index is -0.0907. The summed E-state index contributed by atoms with van der Waals surface area (Å²) >= 11 is 0. The van der Waals surface area contributed by atoms with Crippen LogP contribution in [0.4, 0.5) is 0 Å². The summed E-state index contributed by atoms with van der Waals surface area (Å²) < 4.78 is 0. The molecule has 4 nitrogen and oxygen atoms in total. The molecule has 0 aliphatic carbocycles. The zero-order chi connectivity index (χ0) is 9.68. The van der Waals surface area contributed by atoms with Crippen molar-refractivity contribution < 1.29 is 10.2 Å². The highest BCUT2D eigenvalue weighted by Gasteiger charge is 2.03. The van der Waals surface area contributed by atoms with Crippen molar-refractivity contribution >= 4 is 0 Å². The summed E-state index contributed by atoms with van der Waals surface area (Å²) in [6.07, 6.45) is 0. The fourth-order valence-corrected chi connectivity index (χ4v) is 1.05. The third-order valence-corrected chi connectivity index (χ3v) is 1.73. The molecule has 0 aromatic heterocycles. The number of benzene rings is 1. The van der Waals surface area contributed by atoms with E-state index < -0.39 is 0 Å². The van der Waals surface area contributed by atoms with Gasteiger partial charge in [0, 0.05) is 25.2 Å². The van der Waals surface area contributed by atoms with Crippen LogP contribution < -0.4 is 11.1 Å². The molecule has 0 heterocycles. The summed E-state index contributed by atoms with van der Waals surface area (Å²) in [6.45, 7) is 1.76. The van der Waals surface area contributed by atoms with Crippen molar-refractivity contribution in [2.24, 2.45) is 5.73 Å². The van der Waals surface area contributed by atoms with E-state index in [1.165, 1.54) is 6.07 Å². The predicted molar refractivity (Wildman–Crippen MR) is 50.5 cm³/mol. The SMILES string of the molecule is NCCNCc1cccc(O)c1O. The lowest BCUT2D eigenvalue weighted by atomic mass is 10.2. The molecule has 13 heavy (non-hydrogen) atoms. The zero-order valence-corrected chi connectivity index (χ0v) is 7.33. The largest absolute Gasteiger partial charge is 0.504 e. The molecule has 0 radical (unpaired) electrons. The first kappa shape index (κ1) is 9.83. The van der Waals surface area contributed by atoms with Gasteiger partial charge in [0.25, 0.3) is 0 Å². The lowest BCUT2D eigenvalue weighted by Gasteiger charge is -2.06. The summed E-state index contributed by atoms with van der Waals surface area (Å²) in [5.74, 6) is -0.154. The standard InChI is InChI=1S/C9H14N2O2/c10-4-5-11-6-7-2-1-3-8(12)9(7)13/h1-3,11-13H,4-6,10H2. The first-order chi connectivity index (χ1) is 6.25. The van der Waals surface area contributed by atoms with Gasteiger partial charge in [-0.25, -0.2) is 0 Å². The summed E-state index contributed by atoms with van der Waals surface area (Å²) in [7, 11) is 0.